The minimum Gasteiger partial charge on any atom is -0.347 e. The van der Waals surface area contributed by atoms with Crippen LogP contribution < -0.4 is 21.3 Å². The van der Waals surface area contributed by atoms with Crippen LogP contribution in [0.15, 0.2) is 0 Å². The number of hydrogen-bond donors (Lipinski definition) is 4. The summed E-state index contributed by atoms with van der Waals surface area (Å²) in [7, 11) is 2.01. The topological polar surface area (TPSA) is 157 Å². The van der Waals surface area contributed by atoms with Gasteiger partial charge in [0.15, 0.2) is 0 Å². The van der Waals surface area contributed by atoms with E-state index in [1.807, 2.05) is 27.8 Å². The van der Waals surface area contributed by atoms with E-state index >= 15 is 0 Å². The second-order valence-electron chi connectivity index (χ2n) is 19.2. The van der Waals surface area contributed by atoms with Gasteiger partial charge in [-0.3, -0.25) is 28.8 Å². The Morgan fingerprint density at radius 1 is 0.815 bits per heavy atom. The lowest BCUT2D eigenvalue weighted by atomic mass is 9.73. The number of nitrogens with one attached hydrogen (secondary N) is 4. The Balaban J connectivity index is 0.00000181. The van der Waals surface area contributed by atoms with E-state index in [9.17, 15) is 28.8 Å². The van der Waals surface area contributed by atoms with Gasteiger partial charge in [0.2, 0.25) is 29.4 Å². The monoisotopic (exact) mass is 755 g/mol. The molecular weight excluding hydrogens is 684 g/mol. The van der Waals surface area contributed by atoms with Gasteiger partial charge in [-0.2, -0.15) is 0 Å². The number of Topliss-reactive ketones (excluding diaryl/α,β-unsaturated/α-hetero) is 1. The number of carbonyl (C=O) groups excluding carboxylic acids is 6. The number of rotatable bonds is 11. The maximum atomic E-state index is 14.9. The molecular formula is C42H70N6O6. The summed E-state index contributed by atoms with van der Waals surface area (Å²) in [6.45, 7) is 16.0. The second-order valence-corrected chi connectivity index (χ2v) is 19.2. The molecule has 2 spiro atoms. The zero-order valence-corrected chi connectivity index (χ0v) is 34.5. The molecule has 4 aliphatic carbocycles. The van der Waals surface area contributed by atoms with Gasteiger partial charge in [0.25, 0.3) is 5.91 Å². The first kappa shape index (κ1) is 42.1. The maximum absolute atomic E-state index is 14.9. The number of nitrogens with zero attached hydrogens (tertiary/aromatic N) is 2. The van der Waals surface area contributed by atoms with E-state index in [1.165, 1.54) is 6.42 Å². The summed E-state index contributed by atoms with van der Waals surface area (Å²) in [5.74, 6) is -2.85. The number of hydrogen-bond acceptors (Lipinski definition) is 7. The van der Waals surface area contributed by atoms with Gasteiger partial charge in [0.05, 0.1) is 12.5 Å². The molecule has 12 heteroatoms. The maximum Gasteiger partial charge on any atom is 0.289 e. The second kappa shape index (κ2) is 16.6. The molecule has 2 aliphatic heterocycles. The van der Waals surface area contributed by atoms with Crippen LogP contribution in [0.25, 0.3) is 0 Å². The number of carbonyl (C=O) groups is 6. The zero-order chi connectivity index (χ0) is 39.6. The van der Waals surface area contributed by atoms with Crippen molar-refractivity contribution in [2.75, 3.05) is 33.2 Å². The molecule has 0 radical (unpaired) electrons. The van der Waals surface area contributed by atoms with Crippen molar-refractivity contribution in [1.82, 2.24) is 31.1 Å². The van der Waals surface area contributed by atoms with E-state index in [1.54, 1.807) is 4.90 Å². The van der Waals surface area contributed by atoms with Gasteiger partial charge in [0.1, 0.15) is 18.1 Å². The predicted octanol–water partition coefficient (Wildman–Crippen LogP) is 4.10. The highest BCUT2D eigenvalue weighted by atomic mass is 16.2. The number of likely N-dealkylation sites (tertiary alicyclic amines) is 2. The van der Waals surface area contributed by atoms with Gasteiger partial charge in [0, 0.05) is 24.5 Å². The minimum absolute atomic E-state index is 0.0197. The molecule has 0 aromatic heterocycles. The molecule has 0 aromatic carbocycles. The molecule has 6 aliphatic rings. The number of piperidine rings is 1. The third-order valence-electron chi connectivity index (χ3n) is 14.1. The van der Waals surface area contributed by atoms with Gasteiger partial charge < -0.3 is 31.1 Å². The fourth-order valence-corrected chi connectivity index (χ4v) is 10.5. The number of fused-ring (bicyclic) bond motifs is 1. The fraction of sp³-hybridized carbons (Fsp3) is 0.857. The van der Waals surface area contributed by atoms with Gasteiger partial charge in [-0.1, -0.05) is 80.6 Å². The normalized spacial score (nSPS) is 28.5. The van der Waals surface area contributed by atoms with Crippen LogP contribution in [0.4, 0.5) is 0 Å². The number of amides is 5. The largest absolute Gasteiger partial charge is 0.347 e. The SMILES string of the molecule is CCC.CN1CCCC(C(=O)NC(C(=O)N[C@H](C(=O)N2CC3(CC2C(=O)NCC(=O)C(=O)NC2CC2)C(C)(C)C32CCC2)C(C)(C)C)C2CCCCC2)C1. The third kappa shape index (κ3) is 8.38. The lowest BCUT2D eigenvalue weighted by molar-refractivity contribution is -0.145. The summed E-state index contributed by atoms with van der Waals surface area (Å²) in [6, 6.07) is -2.51. The Kier molecular flexibility index (Phi) is 13.0. The first-order valence-corrected chi connectivity index (χ1v) is 21.1. The van der Waals surface area contributed by atoms with E-state index < -0.39 is 47.7 Å². The molecule has 6 rings (SSSR count). The molecule has 6 fully saturated rings. The molecule has 5 atom stereocenters. The van der Waals surface area contributed by atoms with Crippen molar-refractivity contribution in [3.63, 3.8) is 0 Å². The standard InChI is InChI=1S/C39H62N6O6.C3H8/c1-36(2,3)30(43-34(50)29(24-12-8-7-9-13-24)42-31(47)25-14-10-19-44(6)22-25)35(51)45-23-39(37(4,5)38(39)17-11-18-38)20-27(45)32(48)40-21-28(46)33(49)41-26-15-16-26;1-3-2/h24-27,29-30H,7-23H2,1-6H3,(H,40,48)(H,41,49)(H,42,47)(H,43,50);3H2,1-2H3/t25?,27?,29?,30-,39?;/m1./s1. The highest BCUT2D eigenvalue weighted by Crippen LogP contribution is 2.88. The van der Waals surface area contributed by atoms with Gasteiger partial charge in [-0.25, -0.2) is 0 Å². The molecule has 2 saturated heterocycles. The Morgan fingerprint density at radius 3 is 2.00 bits per heavy atom. The van der Waals surface area contributed by atoms with Crippen LogP contribution in [0, 0.1) is 33.5 Å². The molecule has 0 aromatic rings. The van der Waals surface area contributed by atoms with Crippen LogP contribution in [-0.2, 0) is 28.8 Å². The van der Waals surface area contributed by atoms with Crippen molar-refractivity contribution >= 4 is 35.3 Å². The van der Waals surface area contributed by atoms with E-state index in [4.69, 9.17) is 0 Å². The van der Waals surface area contributed by atoms with Crippen molar-refractivity contribution < 1.29 is 28.8 Å². The van der Waals surface area contributed by atoms with Crippen molar-refractivity contribution in [3.8, 4) is 0 Å². The Bertz CT molecular complexity index is 1430. The zero-order valence-electron chi connectivity index (χ0n) is 34.5. The fourth-order valence-electron chi connectivity index (χ4n) is 10.5. The smallest absolute Gasteiger partial charge is 0.289 e. The lowest BCUT2D eigenvalue weighted by Gasteiger charge is -2.38. The minimum atomic E-state index is -0.954. The summed E-state index contributed by atoms with van der Waals surface area (Å²) in [6.07, 6.45) is 13.1. The molecule has 4 N–H and O–H groups in total. The van der Waals surface area contributed by atoms with Crippen LogP contribution in [0.1, 0.15) is 138 Å². The summed E-state index contributed by atoms with van der Waals surface area (Å²) >= 11 is 0. The molecule has 54 heavy (non-hydrogen) atoms. The molecule has 0 bridgehead atoms. The van der Waals surface area contributed by atoms with Crippen molar-refractivity contribution in [1.29, 1.82) is 0 Å². The third-order valence-corrected chi connectivity index (χ3v) is 14.1. The summed E-state index contributed by atoms with van der Waals surface area (Å²) in [5.41, 5.74) is -0.977. The molecule has 4 saturated carbocycles. The average Bonchev–Trinajstić information content (AvgIpc) is 3.93. The quantitative estimate of drug-likeness (QED) is 0.232. The highest BCUT2D eigenvalue weighted by Gasteiger charge is 2.85. The van der Waals surface area contributed by atoms with Crippen molar-refractivity contribution in [3.05, 3.63) is 0 Å². The van der Waals surface area contributed by atoms with Crippen LogP contribution in [0.5, 0.6) is 0 Å². The van der Waals surface area contributed by atoms with E-state index in [2.05, 4.69) is 53.9 Å². The van der Waals surface area contributed by atoms with Crippen LogP contribution in [-0.4, -0.2) is 103 Å². The summed E-state index contributed by atoms with van der Waals surface area (Å²) in [4.78, 5) is 85.5. The molecule has 304 valence electrons. The summed E-state index contributed by atoms with van der Waals surface area (Å²) in [5, 5.41) is 11.6. The number of ketones is 1. The van der Waals surface area contributed by atoms with Crippen molar-refractivity contribution in [2.45, 2.75) is 163 Å². The van der Waals surface area contributed by atoms with Crippen LogP contribution in [0.3, 0.4) is 0 Å². The van der Waals surface area contributed by atoms with Crippen molar-refractivity contribution in [2.24, 2.45) is 33.5 Å². The van der Waals surface area contributed by atoms with E-state index in [0.717, 1.165) is 83.6 Å². The van der Waals surface area contributed by atoms with Crippen LogP contribution >= 0.6 is 0 Å². The lowest BCUT2D eigenvalue weighted by Crippen LogP contribution is -2.62. The Labute approximate surface area is 323 Å². The van der Waals surface area contributed by atoms with Gasteiger partial charge in [-0.05, 0) is 93.5 Å². The summed E-state index contributed by atoms with van der Waals surface area (Å²) < 4.78 is 0. The highest BCUT2D eigenvalue weighted by molar-refractivity contribution is 6.37. The first-order chi connectivity index (χ1) is 25.4. The molecule has 2 heterocycles. The molecule has 5 amide bonds. The molecule has 12 nitrogen and oxygen atoms in total. The Hall–Kier alpha value is -3.02. The van der Waals surface area contributed by atoms with E-state index in [0.29, 0.717) is 19.5 Å². The molecule has 4 unspecified atom stereocenters. The predicted molar refractivity (Wildman–Crippen MR) is 208 cm³/mol. The van der Waals surface area contributed by atoms with E-state index in [-0.39, 0.29) is 51.8 Å². The first-order valence-electron chi connectivity index (χ1n) is 21.1. The van der Waals surface area contributed by atoms with Crippen LogP contribution in [0.2, 0.25) is 0 Å². The van der Waals surface area contributed by atoms with Gasteiger partial charge >= 0.3 is 0 Å². The Morgan fingerprint density at radius 2 is 1.46 bits per heavy atom. The van der Waals surface area contributed by atoms with Gasteiger partial charge in [-0.15, -0.1) is 0 Å². The average molecular weight is 755 g/mol.